The van der Waals surface area contributed by atoms with Gasteiger partial charge in [-0.05, 0) is 79.9 Å². The number of aryl methyl sites for hydroxylation is 1. The van der Waals surface area contributed by atoms with Crippen LogP contribution in [0.5, 0.6) is 0 Å². The molecule has 4 saturated carbocycles. The van der Waals surface area contributed by atoms with E-state index in [9.17, 15) is 4.79 Å². The molecular weight excluding hydrogens is 270 g/mol. The minimum absolute atomic E-state index is 0.118. The van der Waals surface area contributed by atoms with Gasteiger partial charge in [-0.2, -0.15) is 0 Å². The first-order valence-electron chi connectivity index (χ1n) is 8.68. The summed E-state index contributed by atoms with van der Waals surface area (Å²) in [5.74, 6) is 1.04. The van der Waals surface area contributed by atoms with Gasteiger partial charge in [0.15, 0.2) is 0 Å². The van der Waals surface area contributed by atoms with Crippen LogP contribution >= 0.6 is 0 Å². The third kappa shape index (κ3) is 2.19. The van der Waals surface area contributed by atoms with Crippen LogP contribution in [0.25, 0.3) is 0 Å². The van der Waals surface area contributed by atoms with E-state index in [1.54, 1.807) is 0 Å². The molecule has 1 aromatic carbocycles. The van der Waals surface area contributed by atoms with Gasteiger partial charge in [0.1, 0.15) is 0 Å². The summed E-state index contributed by atoms with van der Waals surface area (Å²) in [6.07, 6.45) is 7.27. The topological polar surface area (TPSA) is 29.1 Å². The fraction of sp³-hybridized carbons (Fsp3) is 0.650. The molecule has 4 aliphatic carbocycles. The zero-order chi connectivity index (χ0) is 15.6. The molecule has 4 bridgehead atoms. The van der Waals surface area contributed by atoms with Crippen molar-refractivity contribution in [2.45, 2.75) is 59.3 Å². The lowest BCUT2D eigenvalue weighted by atomic mass is 9.40. The first-order valence-corrected chi connectivity index (χ1v) is 8.68. The number of hydrogen-bond donors (Lipinski definition) is 1. The summed E-state index contributed by atoms with van der Waals surface area (Å²) in [4.78, 5) is 13.2. The van der Waals surface area contributed by atoms with Crippen LogP contribution in [0.3, 0.4) is 0 Å². The van der Waals surface area contributed by atoms with Crippen molar-refractivity contribution in [3.05, 3.63) is 29.8 Å². The molecule has 2 unspecified atom stereocenters. The Balaban J connectivity index is 1.62. The third-order valence-electron chi connectivity index (χ3n) is 6.38. The minimum Gasteiger partial charge on any atom is -0.326 e. The molecule has 2 atom stereocenters. The molecule has 1 amide bonds. The fourth-order valence-electron chi connectivity index (χ4n) is 6.69. The summed E-state index contributed by atoms with van der Waals surface area (Å²) in [6, 6.07) is 8.17. The maximum absolute atomic E-state index is 13.2. The van der Waals surface area contributed by atoms with Crippen LogP contribution in [-0.4, -0.2) is 5.91 Å². The maximum Gasteiger partial charge on any atom is 0.230 e. The Bertz CT molecular complexity index is 616. The van der Waals surface area contributed by atoms with Crippen LogP contribution < -0.4 is 5.32 Å². The van der Waals surface area contributed by atoms with Crippen molar-refractivity contribution in [3.63, 3.8) is 0 Å². The first kappa shape index (κ1) is 14.3. The third-order valence-corrected chi connectivity index (χ3v) is 6.38. The summed E-state index contributed by atoms with van der Waals surface area (Å²) in [5, 5.41) is 3.24. The molecule has 1 N–H and O–H groups in total. The van der Waals surface area contributed by atoms with E-state index in [0.717, 1.165) is 30.9 Å². The second kappa shape index (κ2) is 4.37. The molecule has 5 rings (SSSR count). The molecule has 2 heteroatoms. The molecule has 4 aliphatic rings. The zero-order valence-electron chi connectivity index (χ0n) is 14.0. The molecule has 0 spiro atoms. The van der Waals surface area contributed by atoms with Crippen molar-refractivity contribution < 1.29 is 4.79 Å². The molecule has 0 saturated heterocycles. The molecule has 118 valence electrons. The summed E-state index contributed by atoms with van der Waals surface area (Å²) in [6.45, 7) is 6.91. The van der Waals surface area contributed by atoms with E-state index < -0.39 is 0 Å². The van der Waals surface area contributed by atoms with E-state index in [-0.39, 0.29) is 11.3 Å². The predicted octanol–water partition coefficient (Wildman–Crippen LogP) is 4.93. The molecular formula is C20H27NO. The van der Waals surface area contributed by atoms with E-state index in [0.29, 0.717) is 10.8 Å². The molecule has 4 fully saturated rings. The van der Waals surface area contributed by atoms with Gasteiger partial charge in [-0.25, -0.2) is 0 Å². The average molecular weight is 297 g/mol. The van der Waals surface area contributed by atoms with Gasteiger partial charge in [0.05, 0.1) is 5.41 Å². The number of benzene rings is 1. The maximum atomic E-state index is 13.2. The van der Waals surface area contributed by atoms with E-state index in [1.165, 1.54) is 24.8 Å². The summed E-state index contributed by atoms with van der Waals surface area (Å²) in [5.41, 5.74) is 2.81. The molecule has 1 aromatic rings. The van der Waals surface area contributed by atoms with E-state index in [2.05, 4.69) is 38.2 Å². The summed E-state index contributed by atoms with van der Waals surface area (Å²) >= 11 is 0. The molecule has 0 aromatic heterocycles. The zero-order valence-corrected chi connectivity index (χ0v) is 14.0. The lowest BCUT2D eigenvalue weighted by Crippen LogP contribution is -2.58. The largest absolute Gasteiger partial charge is 0.326 e. The van der Waals surface area contributed by atoms with Gasteiger partial charge < -0.3 is 5.32 Å². The number of hydrogen-bond acceptors (Lipinski definition) is 1. The Kier molecular flexibility index (Phi) is 2.84. The van der Waals surface area contributed by atoms with Crippen LogP contribution in [0.4, 0.5) is 5.69 Å². The summed E-state index contributed by atoms with van der Waals surface area (Å²) < 4.78 is 0. The molecule has 0 radical (unpaired) electrons. The lowest BCUT2D eigenvalue weighted by Gasteiger charge is -2.64. The smallest absolute Gasteiger partial charge is 0.230 e. The van der Waals surface area contributed by atoms with Crippen LogP contribution in [0.1, 0.15) is 57.9 Å². The molecule has 2 nitrogen and oxygen atoms in total. The van der Waals surface area contributed by atoms with E-state index >= 15 is 0 Å². The SMILES string of the molecule is Cc1cccc(NC(=O)C23CC4CC(C)(CC(C)(C4)C2)C3)c1. The van der Waals surface area contributed by atoms with E-state index in [1.807, 2.05) is 12.1 Å². The second-order valence-corrected chi connectivity index (χ2v) is 9.23. The minimum atomic E-state index is -0.118. The predicted molar refractivity (Wildman–Crippen MR) is 89.6 cm³/mol. The van der Waals surface area contributed by atoms with Gasteiger partial charge >= 0.3 is 0 Å². The highest BCUT2D eigenvalue weighted by molar-refractivity contribution is 5.95. The molecule has 0 aliphatic heterocycles. The van der Waals surface area contributed by atoms with Crippen molar-refractivity contribution in [1.29, 1.82) is 0 Å². The Labute approximate surface area is 133 Å². The van der Waals surface area contributed by atoms with Gasteiger partial charge in [0, 0.05) is 5.69 Å². The summed E-state index contributed by atoms with van der Waals surface area (Å²) in [7, 11) is 0. The highest BCUT2D eigenvalue weighted by Crippen LogP contribution is 2.69. The number of amides is 1. The van der Waals surface area contributed by atoms with Crippen molar-refractivity contribution in [2.75, 3.05) is 5.32 Å². The van der Waals surface area contributed by atoms with E-state index in [4.69, 9.17) is 0 Å². The van der Waals surface area contributed by atoms with Gasteiger partial charge in [-0.3, -0.25) is 4.79 Å². The highest BCUT2D eigenvalue weighted by Gasteiger charge is 2.62. The quantitative estimate of drug-likeness (QED) is 0.824. The monoisotopic (exact) mass is 297 g/mol. The van der Waals surface area contributed by atoms with Crippen molar-refractivity contribution in [3.8, 4) is 0 Å². The van der Waals surface area contributed by atoms with Crippen molar-refractivity contribution in [2.24, 2.45) is 22.2 Å². The van der Waals surface area contributed by atoms with Gasteiger partial charge in [-0.15, -0.1) is 0 Å². The van der Waals surface area contributed by atoms with Gasteiger partial charge in [-0.1, -0.05) is 26.0 Å². The Morgan fingerprint density at radius 1 is 1.09 bits per heavy atom. The Hall–Kier alpha value is -1.31. The van der Waals surface area contributed by atoms with Crippen molar-refractivity contribution in [1.82, 2.24) is 0 Å². The molecule has 22 heavy (non-hydrogen) atoms. The highest BCUT2D eigenvalue weighted by atomic mass is 16.2. The van der Waals surface area contributed by atoms with Crippen LogP contribution in [-0.2, 0) is 4.79 Å². The van der Waals surface area contributed by atoms with Crippen molar-refractivity contribution >= 4 is 11.6 Å². The Morgan fingerprint density at radius 3 is 2.36 bits per heavy atom. The fourth-order valence-corrected chi connectivity index (χ4v) is 6.69. The van der Waals surface area contributed by atoms with Gasteiger partial charge in [0.25, 0.3) is 0 Å². The molecule has 0 heterocycles. The average Bonchev–Trinajstić information content (AvgIpc) is 2.34. The number of anilines is 1. The second-order valence-electron chi connectivity index (χ2n) is 9.23. The number of carbonyl (C=O) groups excluding carboxylic acids is 1. The normalized spacial score (nSPS) is 42.4. The standard InChI is InChI=1S/C20H27NO/c1-14-5-4-6-16(7-14)21-17(22)20-10-15-8-18(2,12-20)11-19(3,9-15)13-20/h4-7,15H,8-13H2,1-3H3,(H,21,22). The number of carbonyl (C=O) groups is 1. The van der Waals surface area contributed by atoms with Crippen LogP contribution in [0.15, 0.2) is 24.3 Å². The van der Waals surface area contributed by atoms with Crippen LogP contribution in [0.2, 0.25) is 0 Å². The first-order chi connectivity index (χ1) is 10.3. The Morgan fingerprint density at radius 2 is 1.77 bits per heavy atom. The van der Waals surface area contributed by atoms with Gasteiger partial charge in [0.2, 0.25) is 5.91 Å². The lowest BCUT2D eigenvalue weighted by molar-refractivity contribution is -0.165. The number of nitrogens with one attached hydrogen (secondary N) is 1. The van der Waals surface area contributed by atoms with Crippen LogP contribution in [0, 0.1) is 29.1 Å². The number of rotatable bonds is 2.